The molecule has 22 heteroatoms. The summed E-state index contributed by atoms with van der Waals surface area (Å²) >= 11 is 0. The van der Waals surface area contributed by atoms with Crippen molar-refractivity contribution in [3.63, 3.8) is 0 Å². The highest BCUT2D eigenvalue weighted by molar-refractivity contribution is 7.90. The number of aryl methyl sites for hydroxylation is 1. The van der Waals surface area contributed by atoms with Crippen LogP contribution in [0, 0.1) is 11.6 Å². The molecule has 3 aliphatic heterocycles. The van der Waals surface area contributed by atoms with E-state index in [0.29, 0.717) is 74.0 Å². The zero-order chi connectivity index (χ0) is 47.1. The summed E-state index contributed by atoms with van der Waals surface area (Å²) < 4.78 is 60.6. The molecule has 0 saturated carbocycles. The van der Waals surface area contributed by atoms with Crippen LogP contribution < -0.4 is 20.3 Å². The first kappa shape index (κ1) is 45.3. The predicted octanol–water partition coefficient (Wildman–Crippen LogP) is 3.77. The number of ketones is 1. The normalized spacial score (nSPS) is 17.7. The lowest BCUT2D eigenvalue weighted by atomic mass is 9.93. The van der Waals surface area contributed by atoms with E-state index in [1.807, 2.05) is 35.0 Å². The molecule has 3 amide bonds. The molecule has 1 atom stereocenters. The average molecular weight is 938 g/mol. The summed E-state index contributed by atoms with van der Waals surface area (Å²) in [6, 6.07) is 9.64. The number of carbonyl (C=O) groups excluding carboxylic acids is 4. The monoisotopic (exact) mass is 937 g/mol. The van der Waals surface area contributed by atoms with Gasteiger partial charge in [-0.3, -0.25) is 38.8 Å². The number of carbonyl (C=O) groups is 4. The number of fused-ring (bicyclic) bond motifs is 2. The molecule has 0 spiro atoms. The third-order valence-electron chi connectivity index (χ3n) is 12.8. The number of imide groups is 1. The summed E-state index contributed by atoms with van der Waals surface area (Å²) in [6.07, 6.45) is 8.56. The highest BCUT2D eigenvalue weighted by Gasteiger charge is 2.33. The lowest BCUT2D eigenvalue weighted by Crippen LogP contribution is -2.52. The summed E-state index contributed by atoms with van der Waals surface area (Å²) in [5.41, 5.74) is 2.40. The molecule has 0 radical (unpaired) electrons. The number of pyridine rings is 1. The minimum atomic E-state index is -4.16. The van der Waals surface area contributed by atoms with Gasteiger partial charge in [0.25, 0.3) is 0 Å². The average Bonchev–Trinajstić information content (AvgIpc) is 3.90. The number of piperidine rings is 2. The molecular weight excluding hydrogens is 889 g/mol. The topological polar surface area (TPSA) is 224 Å². The summed E-state index contributed by atoms with van der Waals surface area (Å²) in [5.74, 6) is -3.97. The van der Waals surface area contributed by atoms with E-state index in [1.165, 1.54) is 13.2 Å². The lowest BCUT2D eigenvalue weighted by molar-refractivity contribution is -0.134. The number of piperazine rings is 1. The maximum atomic E-state index is 15.6. The van der Waals surface area contributed by atoms with Crippen LogP contribution in [0.25, 0.3) is 33.1 Å². The van der Waals surface area contributed by atoms with Crippen LogP contribution in [0.3, 0.4) is 0 Å². The molecule has 19 nitrogen and oxygen atoms in total. The molecule has 3 saturated heterocycles. The fourth-order valence-electron chi connectivity index (χ4n) is 8.85. The van der Waals surface area contributed by atoms with Gasteiger partial charge in [0.1, 0.15) is 11.5 Å². The van der Waals surface area contributed by atoms with Crippen molar-refractivity contribution in [2.75, 3.05) is 74.3 Å². The van der Waals surface area contributed by atoms with Crippen LogP contribution in [-0.2, 0) is 31.6 Å². The van der Waals surface area contributed by atoms with Crippen LogP contribution in [0.1, 0.15) is 60.1 Å². The van der Waals surface area contributed by atoms with E-state index in [2.05, 4.69) is 45.3 Å². The van der Waals surface area contributed by atoms with E-state index >= 15 is 8.78 Å². The number of H-pyrrole nitrogens is 1. The van der Waals surface area contributed by atoms with Crippen LogP contribution >= 0.6 is 0 Å². The van der Waals surface area contributed by atoms with Gasteiger partial charge in [0.15, 0.2) is 5.82 Å². The van der Waals surface area contributed by atoms with Gasteiger partial charge in [0.2, 0.25) is 29.5 Å². The van der Waals surface area contributed by atoms with E-state index in [0.717, 1.165) is 59.0 Å². The number of hydrogen-bond acceptors (Lipinski definition) is 13. The Balaban J connectivity index is 0.769. The number of nitrogens with zero attached hydrogens (tertiary/aromatic N) is 9. The van der Waals surface area contributed by atoms with Gasteiger partial charge >= 0.3 is 10.2 Å². The number of hydrogen-bond donors (Lipinski definition) is 4. The maximum absolute atomic E-state index is 15.6. The number of nitrogens with one attached hydrogen (secondary N) is 4. The number of anilines is 3. The van der Waals surface area contributed by atoms with Crippen LogP contribution in [0.4, 0.5) is 26.1 Å². The van der Waals surface area contributed by atoms with Crippen molar-refractivity contribution >= 4 is 73.0 Å². The summed E-state index contributed by atoms with van der Waals surface area (Å²) in [5, 5.41) is 11.9. The van der Waals surface area contributed by atoms with Gasteiger partial charge in [-0.1, -0.05) is 6.92 Å². The molecule has 2 aromatic carbocycles. The Hall–Kier alpha value is -6.91. The quantitative estimate of drug-likeness (QED) is 0.0958. The Bertz CT molecular complexity index is 3020. The van der Waals surface area contributed by atoms with E-state index in [4.69, 9.17) is 0 Å². The third-order valence-corrected chi connectivity index (χ3v) is 14.4. The zero-order valence-corrected chi connectivity index (χ0v) is 37.9. The highest BCUT2D eigenvalue weighted by atomic mass is 32.2. The van der Waals surface area contributed by atoms with Gasteiger partial charge in [0, 0.05) is 130 Å². The van der Waals surface area contributed by atoms with E-state index in [1.54, 1.807) is 36.3 Å². The first-order chi connectivity index (χ1) is 32.2. The molecule has 3 fully saturated rings. The third kappa shape index (κ3) is 9.15. The molecule has 67 heavy (non-hydrogen) atoms. The molecule has 4 N–H and O–H groups in total. The summed E-state index contributed by atoms with van der Waals surface area (Å²) in [4.78, 5) is 73.8. The molecule has 1 unspecified atom stereocenters. The molecule has 7 heterocycles. The number of aromatic amines is 1. The van der Waals surface area contributed by atoms with Crippen LogP contribution in [0.2, 0.25) is 0 Å². The largest absolute Gasteiger partial charge is 0.382 e. The van der Waals surface area contributed by atoms with Gasteiger partial charge in [-0.05, 0) is 55.7 Å². The second kappa shape index (κ2) is 18.4. The van der Waals surface area contributed by atoms with Crippen molar-refractivity contribution in [3.8, 4) is 11.1 Å². The van der Waals surface area contributed by atoms with Crippen LogP contribution in [0.15, 0.2) is 61.2 Å². The van der Waals surface area contributed by atoms with Crippen LogP contribution in [0.5, 0.6) is 0 Å². The number of amides is 3. The zero-order valence-electron chi connectivity index (χ0n) is 37.1. The Morgan fingerprint density at radius 1 is 0.910 bits per heavy atom. The van der Waals surface area contributed by atoms with Crippen molar-refractivity contribution in [3.05, 3.63) is 89.6 Å². The Morgan fingerprint density at radius 2 is 1.64 bits per heavy atom. The van der Waals surface area contributed by atoms with E-state index in [9.17, 15) is 27.6 Å². The lowest BCUT2D eigenvalue weighted by Gasteiger charge is -2.37. The van der Waals surface area contributed by atoms with Gasteiger partial charge in [-0.15, -0.1) is 0 Å². The molecule has 9 rings (SSSR count). The minimum Gasteiger partial charge on any atom is -0.382 e. The van der Waals surface area contributed by atoms with Gasteiger partial charge < -0.3 is 20.1 Å². The molecular formula is C45H49F2N13O6S. The molecule has 4 aromatic heterocycles. The van der Waals surface area contributed by atoms with Gasteiger partial charge in [-0.2, -0.15) is 17.8 Å². The van der Waals surface area contributed by atoms with E-state index in [-0.39, 0.29) is 41.3 Å². The predicted molar refractivity (Wildman–Crippen MR) is 245 cm³/mol. The number of halogens is 2. The van der Waals surface area contributed by atoms with Crippen molar-refractivity contribution in [2.24, 2.45) is 7.05 Å². The van der Waals surface area contributed by atoms with Crippen molar-refractivity contribution in [1.82, 2.24) is 49.1 Å². The Morgan fingerprint density at radius 3 is 2.36 bits per heavy atom. The minimum absolute atomic E-state index is 0.0694. The first-order valence-corrected chi connectivity index (χ1v) is 23.5. The fraction of sp³-hybridized carbons (Fsp3) is 0.378. The highest BCUT2D eigenvalue weighted by Crippen LogP contribution is 2.33. The maximum Gasteiger partial charge on any atom is 0.301 e. The fourth-order valence-corrected chi connectivity index (χ4v) is 9.78. The van der Waals surface area contributed by atoms with Gasteiger partial charge in [-0.25, -0.2) is 23.7 Å². The Kier molecular flexibility index (Phi) is 12.4. The van der Waals surface area contributed by atoms with Gasteiger partial charge in [0.05, 0.1) is 34.9 Å². The summed E-state index contributed by atoms with van der Waals surface area (Å²) in [7, 11) is -1.01. The number of likely N-dealkylation sites (tertiary alicyclic amines) is 1. The second-order valence-corrected chi connectivity index (χ2v) is 18.8. The molecule has 0 bridgehead atoms. The first-order valence-electron chi connectivity index (χ1n) is 22.1. The van der Waals surface area contributed by atoms with Crippen molar-refractivity contribution in [1.29, 1.82) is 0 Å². The van der Waals surface area contributed by atoms with Crippen molar-refractivity contribution < 1.29 is 36.4 Å². The summed E-state index contributed by atoms with van der Waals surface area (Å²) in [6.45, 7) is 5.68. The van der Waals surface area contributed by atoms with E-state index < -0.39 is 44.8 Å². The Labute approximate surface area is 384 Å². The molecule has 0 aliphatic carbocycles. The smallest absolute Gasteiger partial charge is 0.301 e. The number of rotatable bonds is 13. The van der Waals surface area contributed by atoms with Crippen LogP contribution in [-0.4, -0.2) is 141 Å². The SMILES string of the molecule is CCN(C)S(=O)(=O)Nc1ccc(F)c(C(=O)c2c[nH]c3ncc(-c4cnc(N5CCN(C(=O)CN6CCC(Nc7ccc8c(C9CCC(=O)NC9=O)nn(C)c8c7)CC6)CC5)nc4)cc23)c1F. The van der Waals surface area contributed by atoms with Crippen molar-refractivity contribution in [2.45, 2.75) is 44.6 Å². The second-order valence-electron chi connectivity index (χ2n) is 17.0. The number of benzene rings is 2. The molecule has 6 aromatic rings. The standard InChI is InChI=1S/C45H49F2N13O6S/c1-4-56(2)67(65,66)55-35-9-8-34(46)39(40(35)47)42(63)33-24-49-43-32(33)19-26(21-48-43)27-22-50-45(51-23-27)60-17-15-59(16-18-60)38(62)25-58-13-11-28(12-14-58)52-29-5-6-30-36(20-29)57(3)54-41(30)31-7-10-37(61)53-44(31)64/h5-6,8-9,19-24,28,31,52,55H,4,7,10-18,25H2,1-3H3,(H,48,49)(H,53,61,64). The molecule has 350 valence electrons. The number of aromatic nitrogens is 6. The molecule has 3 aliphatic rings.